The van der Waals surface area contributed by atoms with Gasteiger partial charge in [0.15, 0.2) is 11.6 Å². The van der Waals surface area contributed by atoms with Crippen LogP contribution in [-0.2, 0) is 0 Å². The summed E-state index contributed by atoms with van der Waals surface area (Å²) in [6, 6.07) is 32.7. The fourth-order valence-corrected chi connectivity index (χ4v) is 4.23. The summed E-state index contributed by atoms with van der Waals surface area (Å²) in [6.45, 7) is 8.00. The molecule has 0 radical (unpaired) electrons. The van der Waals surface area contributed by atoms with E-state index < -0.39 is 0 Å². The average molecular weight is 505 g/mol. The lowest BCUT2D eigenvalue weighted by molar-refractivity contribution is 1.07. The normalized spacial score (nSPS) is 10.7. The molecule has 5 heteroatoms. The first kappa shape index (κ1) is 25.9. The van der Waals surface area contributed by atoms with Crippen LogP contribution in [0.2, 0.25) is 5.28 Å². The number of aromatic nitrogens is 3. The number of rotatable bonds is 5. The van der Waals surface area contributed by atoms with Gasteiger partial charge in [0.2, 0.25) is 5.28 Å². The highest BCUT2D eigenvalue weighted by atomic mass is 35.5. The summed E-state index contributed by atoms with van der Waals surface area (Å²) in [5, 5.41) is 0.164. The molecule has 184 valence electrons. The molecule has 4 aromatic carbocycles. The largest absolute Gasteiger partial charge is 0.261 e. The van der Waals surface area contributed by atoms with E-state index in [1.165, 1.54) is 0 Å². The Morgan fingerprint density at radius 2 is 1.22 bits per heavy atom. The summed E-state index contributed by atoms with van der Waals surface area (Å²) >= 11 is 6.33. The van der Waals surface area contributed by atoms with E-state index in [0.29, 0.717) is 11.6 Å². The van der Waals surface area contributed by atoms with E-state index in [-0.39, 0.29) is 5.28 Å². The highest BCUT2D eigenvalue weighted by molar-refractivity contribution is 6.28. The topological polar surface area (TPSA) is 51.0 Å². The third-order valence-corrected chi connectivity index (χ3v) is 5.96. The fourth-order valence-electron chi connectivity index (χ4n) is 4.07. The van der Waals surface area contributed by atoms with Crippen molar-refractivity contribution in [2.75, 3.05) is 0 Å². The predicted octanol–water partition coefficient (Wildman–Crippen LogP) is 9.25. The Balaban J connectivity index is 0.00000156. The lowest BCUT2D eigenvalue weighted by Gasteiger charge is -2.10. The second-order valence-corrected chi connectivity index (χ2v) is 8.47. The Labute approximate surface area is 223 Å². The van der Waals surface area contributed by atoms with Crippen LogP contribution in [0.25, 0.3) is 45.0 Å². The maximum Gasteiger partial charge on any atom is 0.226 e. The Morgan fingerprint density at radius 3 is 1.92 bits per heavy atom. The van der Waals surface area contributed by atoms with Crippen molar-refractivity contribution < 1.29 is 0 Å². The number of hydrogen-bond donors (Lipinski definition) is 0. The smallest absolute Gasteiger partial charge is 0.226 e. The van der Waals surface area contributed by atoms with Crippen molar-refractivity contribution in [2.45, 2.75) is 27.7 Å². The molecule has 0 N–H and O–H groups in total. The van der Waals surface area contributed by atoms with Gasteiger partial charge in [-0.25, -0.2) is 4.98 Å². The molecule has 0 saturated heterocycles. The maximum absolute atomic E-state index is 6.33. The van der Waals surface area contributed by atoms with Crippen molar-refractivity contribution in [2.24, 2.45) is 4.99 Å². The summed E-state index contributed by atoms with van der Waals surface area (Å²) in [5.41, 5.74) is 8.25. The highest BCUT2D eigenvalue weighted by Gasteiger charge is 2.12. The average Bonchev–Trinajstić information content (AvgIpc) is 2.96. The Hall–Kier alpha value is -4.15. The van der Waals surface area contributed by atoms with Crippen LogP contribution in [0.1, 0.15) is 26.3 Å². The molecular weight excluding hydrogens is 476 g/mol. The zero-order valence-corrected chi connectivity index (χ0v) is 22.2. The summed E-state index contributed by atoms with van der Waals surface area (Å²) in [6.07, 6.45) is 1.82. The number of hydrogen-bond acceptors (Lipinski definition) is 4. The molecule has 4 nitrogen and oxygen atoms in total. The molecule has 37 heavy (non-hydrogen) atoms. The van der Waals surface area contributed by atoms with Crippen LogP contribution in [-0.4, -0.2) is 21.2 Å². The second kappa shape index (κ2) is 12.2. The molecule has 5 rings (SSSR count). The van der Waals surface area contributed by atoms with Crippen molar-refractivity contribution in [3.63, 3.8) is 0 Å². The van der Waals surface area contributed by atoms with E-state index in [2.05, 4.69) is 76.5 Å². The van der Waals surface area contributed by atoms with Gasteiger partial charge in [0.1, 0.15) is 0 Å². The first-order chi connectivity index (χ1) is 18.1. The van der Waals surface area contributed by atoms with Crippen molar-refractivity contribution in [3.8, 4) is 45.0 Å². The van der Waals surface area contributed by atoms with E-state index in [1.54, 1.807) is 0 Å². The maximum atomic E-state index is 6.33. The minimum Gasteiger partial charge on any atom is -0.261 e. The van der Waals surface area contributed by atoms with Gasteiger partial charge in [0.05, 0.1) is 5.69 Å². The number of benzene rings is 4. The van der Waals surface area contributed by atoms with Crippen molar-refractivity contribution in [1.82, 2.24) is 15.0 Å². The summed E-state index contributed by atoms with van der Waals surface area (Å²) in [4.78, 5) is 18.1. The summed E-state index contributed by atoms with van der Waals surface area (Å²) < 4.78 is 0. The molecule has 0 saturated carbocycles. The molecule has 0 unspecified atom stereocenters. The number of nitrogens with zero attached hydrogens (tertiary/aromatic N) is 4. The van der Waals surface area contributed by atoms with E-state index in [4.69, 9.17) is 16.6 Å². The molecule has 1 aromatic heterocycles. The second-order valence-electron chi connectivity index (χ2n) is 8.13. The fraction of sp³-hybridized carbons (Fsp3) is 0.125. The molecule has 5 aromatic rings. The Morgan fingerprint density at radius 1 is 0.622 bits per heavy atom. The van der Waals surface area contributed by atoms with Gasteiger partial charge < -0.3 is 0 Å². The summed E-state index contributed by atoms with van der Waals surface area (Å²) in [7, 11) is 0. The monoisotopic (exact) mass is 504 g/mol. The van der Waals surface area contributed by atoms with Gasteiger partial charge in [-0.2, -0.15) is 9.97 Å². The van der Waals surface area contributed by atoms with Crippen LogP contribution in [0, 0.1) is 6.92 Å². The standard InChI is InChI=1S/C30H23ClN4.C2H6/c1-3-32-27-20(2)9-7-14-26(27)22-15-17-23(18-16-22)28-33-29(35-30(31)34-28)25-13-8-12-24(19-25)21-10-5-4-6-11-21;1-2/h3-19H,1-2H3;1-2H3. The molecular formula is C32H29ClN4. The minimum absolute atomic E-state index is 0.164. The van der Waals surface area contributed by atoms with Gasteiger partial charge >= 0.3 is 0 Å². The van der Waals surface area contributed by atoms with Crippen molar-refractivity contribution in [1.29, 1.82) is 0 Å². The number of para-hydroxylation sites is 1. The van der Waals surface area contributed by atoms with Crippen molar-refractivity contribution >= 4 is 23.5 Å². The van der Waals surface area contributed by atoms with Crippen LogP contribution >= 0.6 is 11.6 Å². The molecule has 0 aliphatic carbocycles. The summed E-state index contributed by atoms with van der Waals surface area (Å²) in [5.74, 6) is 1.08. The van der Waals surface area contributed by atoms with Gasteiger partial charge in [-0.15, -0.1) is 0 Å². The molecule has 0 aliphatic heterocycles. The Bertz CT molecular complexity index is 1510. The number of aliphatic imine (C=N–C) groups is 1. The SMILES string of the molecule is CC.CC=Nc1c(C)cccc1-c1ccc(-c2nc(Cl)nc(-c3cccc(-c4ccccc4)c3)n2)cc1. The minimum atomic E-state index is 0.164. The van der Waals surface area contributed by atoms with Crippen LogP contribution in [0.3, 0.4) is 0 Å². The molecule has 0 spiro atoms. The van der Waals surface area contributed by atoms with E-state index in [0.717, 1.165) is 44.6 Å². The third-order valence-electron chi connectivity index (χ3n) is 5.79. The molecule has 0 amide bonds. The molecule has 0 fully saturated rings. The highest BCUT2D eigenvalue weighted by Crippen LogP contribution is 2.34. The van der Waals surface area contributed by atoms with Gasteiger partial charge in [-0.1, -0.05) is 105 Å². The number of halogens is 1. The van der Waals surface area contributed by atoms with Crippen molar-refractivity contribution in [3.05, 3.63) is 108 Å². The lowest BCUT2D eigenvalue weighted by Crippen LogP contribution is -1.97. The molecule has 0 aliphatic rings. The zero-order chi connectivity index (χ0) is 26.2. The van der Waals surface area contributed by atoms with Gasteiger partial charge in [0, 0.05) is 22.9 Å². The van der Waals surface area contributed by atoms with Gasteiger partial charge in [-0.05, 0) is 53.8 Å². The van der Waals surface area contributed by atoms with E-state index in [1.807, 2.05) is 69.5 Å². The first-order valence-electron chi connectivity index (χ1n) is 12.4. The first-order valence-corrected chi connectivity index (χ1v) is 12.8. The number of aryl methyl sites for hydroxylation is 1. The van der Waals surface area contributed by atoms with Gasteiger partial charge in [-0.3, -0.25) is 4.99 Å². The van der Waals surface area contributed by atoms with E-state index in [9.17, 15) is 0 Å². The lowest BCUT2D eigenvalue weighted by atomic mass is 9.99. The Kier molecular flexibility index (Phi) is 8.55. The van der Waals surface area contributed by atoms with Crippen LogP contribution < -0.4 is 0 Å². The quantitative estimate of drug-likeness (QED) is 0.224. The predicted molar refractivity (Wildman–Crippen MR) is 156 cm³/mol. The van der Waals surface area contributed by atoms with Crippen LogP contribution in [0.5, 0.6) is 0 Å². The zero-order valence-electron chi connectivity index (χ0n) is 21.5. The van der Waals surface area contributed by atoms with E-state index >= 15 is 0 Å². The molecule has 0 atom stereocenters. The molecule has 1 heterocycles. The van der Waals surface area contributed by atoms with Crippen LogP contribution in [0.15, 0.2) is 102 Å². The van der Waals surface area contributed by atoms with Crippen LogP contribution in [0.4, 0.5) is 5.69 Å². The third kappa shape index (κ3) is 5.99. The molecule has 0 bridgehead atoms. The van der Waals surface area contributed by atoms with Gasteiger partial charge in [0.25, 0.3) is 0 Å².